The van der Waals surface area contributed by atoms with E-state index < -0.39 is 12.0 Å². The van der Waals surface area contributed by atoms with Crippen LogP contribution in [-0.4, -0.2) is 9.97 Å². The van der Waals surface area contributed by atoms with Crippen LogP contribution in [0, 0.1) is 12.0 Å². The maximum absolute atomic E-state index is 13.1. The normalized spacial score (nSPS) is 10.4. The number of anilines is 2. The van der Waals surface area contributed by atoms with E-state index in [1.54, 1.807) is 18.2 Å². The van der Waals surface area contributed by atoms with Crippen LogP contribution in [0.15, 0.2) is 24.3 Å². The molecule has 82 valence electrons. The minimum absolute atomic E-state index is 0.00250. The maximum Gasteiger partial charge on any atom is 0.311 e. The second kappa shape index (κ2) is 3.73. The summed E-state index contributed by atoms with van der Waals surface area (Å²) < 4.78 is 25.9. The van der Waals surface area contributed by atoms with Crippen LogP contribution in [0.2, 0.25) is 0 Å². The van der Waals surface area contributed by atoms with Crippen molar-refractivity contribution in [3.05, 3.63) is 36.3 Å². The van der Waals surface area contributed by atoms with Gasteiger partial charge < -0.3 is 11.5 Å². The first-order chi connectivity index (χ1) is 7.58. The number of rotatable bonds is 1. The van der Waals surface area contributed by atoms with E-state index in [-0.39, 0.29) is 11.4 Å². The Kier molecular flexibility index (Phi) is 2.40. The van der Waals surface area contributed by atoms with Gasteiger partial charge in [-0.1, -0.05) is 12.1 Å². The number of hydrogen-bond acceptors (Lipinski definition) is 4. The Balaban J connectivity index is 2.64. The number of nitrogens with zero attached hydrogens (tertiary/aromatic N) is 2. The summed E-state index contributed by atoms with van der Waals surface area (Å²) in [5, 5.41) is 0. The summed E-state index contributed by atoms with van der Waals surface area (Å²) in [5.74, 6) is -1.08. The monoisotopic (exact) mass is 222 g/mol. The van der Waals surface area contributed by atoms with Crippen LogP contribution in [0.1, 0.15) is 0 Å². The summed E-state index contributed by atoms with van der Waals surface area (Å²) in [7, 11) is 0. The summed E-state index contributed by atoms with van der Waals surface area (Å²) in [6, 6.07) is 6.42. The van der Waals surface area contributed by atoms with Crippen molar-refractivity contribution in [2.45, 2.75) is 0 Å². The fourth-order valence-electron chi connectivity index (χ4n) is 1.32. The van der Waals surface area contributed by atoms with Crippen molar-refractivity contribution < 1.29 is 8.78 Å². The lowest BCUT2D eigenvalue weighted by Crippen LogP contribution is -2.03. The molecule has 0 spiro atoms. The van der Waals surface area contributed by atoms with E-state index in [4.69, 9.17) is 11.5 Å². The number of aromatic nitrogens is 2. The minimum atomic E-state index is -1.16. The molecule has 0 aliphatic carbocycles. The number of nitrogen functional groups attached to an aromatic ring is 2. The zero-order chi connectivity index (χ0) is 11.7. The zero-order valence-corrected chi connectivity index (χ0v) is 8.11. The highest BCUT2D eigenvalue weighted by Crippen LogP contribution is 2.26. The van der Waals surface area contributed by atoms with Crippen LogP contribution >= 0.6 is 0 Å². The van der Waals surface area contributed by atoms with Crippen molar-refractivity contribution in [1.82, 2.24) is 9.97 Å². The van der Waals surface area contributed by atoms with Crippen LogP contribution in [0.5, 0.6) is 0 Å². The molecule has 4 nitrogen and oxygen atoms in total. The van der Waals surface area contributed by atoms with E-state index in [0.29, 0.717) is 11.3 Å². The SMILES string of the molecule is Nc1cccc(-c2nc(F)nc(F)c2N)c1. The average Bonchev–Trinajstić information content (AvgIpc) is 2.23. The fraction of sp³-hybridized carbons (Fsp3) is 0. The molecule has 4 N–H and O–H groups in total. The average molecular weight is 222 g/mol. The molecule has 0 saturated heterocycles. The highest BCUT2D eigenvalue weighted by Gasteiger charge is 2.13. The van der Waals surface area contributed by atoms with Gasteiger partial charge in [0.1, 0.15) is 11.4 Å². The summed E-state index contributed by atoms with van der Waals surface area (Å²) in [6.45, 7) is 0. The molecule has 0 saturated carbocycles. The van der Waals surface area contributed by atoms with E-state index in [1.165, 1.54) is 6.07 Å². The van der Waals surface area contributed by atoms with Gasteiger partial charge >= 0.3 is 6.08 Å². The third kappa shape index (κ3) is 1.77. The molecular weight excluding hydrogens is 214 g/mol. The van der Waals surface area contributed by atoms with Crippen molar-refractivity contribution >= 4 is 11.4 Å². The third-order valence-electron chi connectivity index (χ3n) is 2.03. The molecule has 0 radical (unpaired) electrons. The number of hydrogen-bond donors (Lipinski definition) is 2. The molecule has 2 rings (SSSR count). The second-order valence-corrected chi connectivity index (χ2v) is 3.17. The lowest BCUT2D eigenvalue weighted by molar-refractivity contribution is 0.487. The zero-order valence-electron chi connectivity index (χ0n) is 8.11. The maximum atomic E-state index is 13.1. The van der Waals surface area contributed by atoms with Gasteiger partial charge in [0.05, 0.1) is 0 Å². The van der Waals surface area contributed by atoms with Gasteiger partial charge in [0.2, 0.25) is 5.95 Å². The van der Waals surface area contributed by atoms with E-state index >= 15 is 0 Å². The molecule has 0 aliphatic rings. The summed E-state index contributed by atoms with van der Waals surface area (Å²) in [5.41, 5.74) is 11.6. The Bertz CT molecular complexity index is 542. The lowest BCUT2D eigenvalue weighted by atomic mass is 10.1. The first-order valence-electron chi connectivity index (χ1n) is 4.42. The lowest BCUT2D eigenvalue weighted by Gasteiger charge is -2.05. The molecule has 1 heterocycles. The highest BCUT2D eigenvalue weighted by atomic mass is 19.1. The first-order valence-corrected chi connectivity index (χ1v) is 4.42. The van der Waals surface area contributed by atoms with E-state index in [0.717, 1.165) is 0 Å². The van der Waals surface area contributed by atoms with Crippen molar-refractivity contribution in [2.75, 3.05) is 11.5 Å². The summed E-state index contributed by atoms with van der Waals surface area (Å²) in [4.78, 5) is 6.33. The Morgan fingerprint density at radius 2 is 1.81 bits per heavy atom. The molecule has 0 unspecified atom stereocenters. The van der Waals surface area contributed by atoms with Gasteiger partial charge in [-0.15, -0.1) is 0 Å². The Hall–Kier alpha value is -2.24. The summed E-state index contributed by atoms with van der Waals surface area (Å²) >= 11 is 0. The Labute approximate surface area is 89.9 Å². The van der Waals surface area contributed by atoms with Crippen molar-refractivity contribution in [1.29, 1.82) is 0 Å². The van der Waals surface area contributed by atoms with Crippen molar-refractivity contribution in [2.24, 2.45) is 0 Å². The molecule has 6 heteroatoms. The molecular formula is C10H8F2N4. The first kappa shape index (κ1) is 10.3. The molecule has 0 fully saturated rings. The quantitative estimate of drug-likeness (QED) is 0.436. The minimum Gasteiger partial charge on any atom is -0.399 e. The van der Waals surface area contributed by atoms with Gasteiger partial charge in [-0.05, 0) is 12.1 Å². The van der Waals surface area contributed by atoms with E-state index in [9.17, 15) is 8.78 Å². The largest absolute Gasteiger partial charge is 0.399 e. The van der Waals surface area contributed by atoms with Gasteiger partial charge in [-0.2, -0.15) is 18.7 Å². The number of benzene rings is 1. The topological polar surface area (TPSA) is 77.8 Å². The molecule has 0 amide bonds. The molecule has 2 aromatic rings. The fourth-order valence-corrected chi connectivity index (χ4v) is 1.32. The van der Waals surface area contributed by atoms with Crippen molar-refractivity contribution in [3.8, 4) is 11.3 Å². The molecule has 1 aromatic heterocycles. The van der Waals surface area contributed by atoms with Crippen LogP contribution in [-0.2, 0) is 0 Å². The smallest absolute Gasteiger partial charge is 0.311 e. The van der Waals surface area contributed by atoms with Crippen LogP contribution in [0.4, 0.5) is 20.2 Å². The van der Waals surface area contributed by atoms with Gasteiger partial charge in [-0.3, -0.25) is 0 Å². The number of halogens is 2. The Morgan fingerprint density at radius 3 is 2.50 bits per heavy atom. The Morgan fingerprint density at radius 1 is 1.06 bits per heavy atom. The van der Waals surface area contributed by atoms with Gasteiger partial charge in [0.15, 0.2) is 0 Å². The van der Waals surface area contributed by atoms with E-state index in [1.807, 2.05) is 0 Å². The van der Waals surface area contributed by atoms with Gasteiger partial charge in [-0.25, -0.2) is 0 Å². The van der Waals surface area contributed by atoms with Crippen LogP contribution in [0.3, 0.4) is 0 Å². The molecule has 0 bridgehead atoms. The molecule has 0 aliphatic heterocycles. The van der Waals surface area contributed by atoms with Gasteiger partial charge in [0.25, 0.3) is 0 Å². The predicted octanol–water partition coefficient (Wildman–Crippen LogP) is 1.59. The van der Waals surface area contributed by atoms with E-state index in [2.05, 4.69) is 9.97 Å². The third-order valence-corrected chi connectivity index (χ3v) is 2.03. The van der Waals surface area contributed by atoms with Crippen molar-refractivity contribution in [3.63, 3.8) is 0 Å². The highest BCUT2D eigenvalue weighted by molar-refractivity contribution is 5.74. The standard InChI is InChI=1S/C10H8F2N4/c11-9-7(14)8(15-10(12)16-9)5-2-1-3-6(13)4-5/h1-4H,13-14H2. The molecule has 1 aromatic carbocycles. The summed E-state index contributed by atoms with van der Waals surface area (Å²) in [6.07, 6.45) is -1.16. The second-order valence-electron chi connectivity index (χ2n) is 3.17. The van der Waals surface area contributed by atoms with Gasteiger partial charge in [0, 0.05) is 11.3 Å². The predicted molar refractivity (Wildman–Crippen MR) is 56.2 cm³/mol. The molecule has 16 heavy (non-hydrogen) atoms. The van der Waals surface area contributed by atoms with Crippen LogP contribution < -0.4 is 11.5 Å². The number of nitrogens with two attached hydrogens (primary N) is 2. The van der Waals surface area contributed by atoms with Crippen LogP contribution in [0.25, 0.3) is 11.3 Å². The molecule has 0 atom stereocenters.